The van der Waals surface area contributed by atoms with Gasteiger partial charge in [0.1, 0.15) is 0 Å². The zero-order valence-electron chi connectivity index (χ0n) is 13.9. The zero-order valence-corrected chi connectivity index (χ0v) is 14.7. The molecule has 2 aromatic heterocycles. The fourth-order valence-corrected chi connectivity index (χ4v) is 5.00. The summed E-state index contributed by atoms with van der Waals surface area (Å²) in [7, 11) is 0. The molecule has 0 spiro atoms. The monoisotopic (exact) mass is 345 g/mol. The Hall–Kier alpha value is -1.89. The quantitative estimate of drug-likeness (QED) is 0.853. The first-order chi connectivity index (χ1) is 11.8. The molecule has 0 saturated carbocycles. The summed E-state index contributed by atoms with van der Waals surface area (Å²) in [6.45, 7) is 4.58. The maximum absolute atomic E-state index is 12.1. The third-order valence-electron chi connectivity index (χ3n) is 5.27. The molecule has 1 amide bonds. The van der Waals surface area contributed by atoms with Crippen molar-refractivity contribution in [3.8, 4) is 0 Å². The van der Waals surface area contributed by atoms with Crippen molar-refractivity contribution >= 4 is 22.4 Å². The van der Waals surface area contributed by atoms with E-state index in [1.807, 2.05) is 41.6 Å². The van der Waals surface area contributed by atoms with E-state index in [9.17, 15) is 4.79 Å². The van der Waals surface area contributed by atoms with Gasteiger partial charge >= 0.3 is 0 Å². The maximum atomic E-state index is 12.1. The average molecular weight is 345 g/mol. The zero-order chi connectivity index (χ0) is 16.5. The fourth-order valence-electron chi connectivity index (χ4n) is 4.23. The van der Waals surface area contributed by atoms with Crippen molar-refractivity contribution < 1.29 is 4.79 Å². The van der Waals surface area contributed by atoms with Crippen molar-refractivity contribution in [2.24, 2.45) is 5.92 Å². The van der Waals surface area contributed by atoms with Gasteiger partial charge in [-0.1, -0.05) is 6.92 Å². The van der Waals surface area contributed by atoms with E-state index in [0.29, 0.717) is 24.4 Å². The smallest absolute Gasteiger partial charge is 0.222 e. The second kappa shape index (κ2) is 6.55. The summed E-state index contributed by atoms with van der Waals surface area (Å²) >= 11 is 1.71. The minimum atomic E-state index is 0.282. The van der Waals surface area contributed by atoms with Gasteiger partial charge in [0.05, 0.1) is 12.6 Å². The molecule has 4 rings (SSSR count). The van der Waals surface area contributed by atoms with Crippen LogP contribution in [0.4, 0.5) is 5.13 Å². The Morgan fingerprint density at radius 2 is 2.33 bits per heavy atom. The molecule has 24 heavy (non-hydrogen) atoms. The van der Waals surface area contributed by atoms with Crippen molar-refractivity contribution in [2.75, 3.05) is 18.0 Å². The van der Waals surface area contributed by atoms with Gasteiger partial charge in [-0.2, -0.15) is 5.10 Å². The highest BCUT2D eigenvalue weighted by atomic mass is 32.1. The van der Waals surface area contributed by atoms with Crippen LogP contribution in [-0.2, 0) is 11.3 Å². The molecular weight excluding hydrogens is 322 g/mol. The molecule has 0 unspecified atom stereocenters. The molecule has 0 radical (unpaired) electrons. The van der Waals surface area contributed by atoms with Crippen LogP contribution in [0.3, 0.4) is 0 Å². The number of hydrogen-bond acceptors (Lipinski definition) is 5. The molecule has 2 aliphatic heterocycles. The predicted molar refractivity (Wildman–Crippen MR) is 94.0 cm³/mol. The summed E-state index contributed by atoms with van der Waals surface area (Å²) in [6.07, 6.45) is 8.47. The number of piperidine rings is 1. The van der Waals surface area contributed by atoms with Gasteiger partial charge in [0.25, 0.3) is 0 Å². The highest BCUT2D eigenvalue weighted by Gasteiger charge is 2.45. The molecule has 0 aromatic carbocycles. The minimum absolute atomic E-state index is 0.282. The molecule has 128 valence electrons. The molecule has 0 N–H and O–H groups in total. The normalized spacial score (nSPS) is 26.6. The van der Waals surface area contributed by atoms with E-state index in [4.69, 9.17) is 0 Å². The van der Waals surface area contributed by atoms with E-state index in [-0.39, 0.29) is 5.91 Å². The Morgan fingerprint density at radius 1 is 1.42 bits per heavy atom. The van der Waals surface area contributed by atoms with Crippen LogP contribution in [0.5, 0.6) is 0 Å². The topological polar surface area (TPSA) is 54.3 Å². The van der Waals surface area contributed by atoms with Gasteiger partial charge in [-0.05, 0) is 24.8 Å². The summed E-state index contributed by atoms with van der Waals surface area (Å²) in [4.78, 5) is 21.2. The number of anilines is 1. The van der Waals surface area contributed by atoms with Crippen LogP contribution < -0.4 is 4.90 Å². The predicted octanol–water partition coefficient (Wildman–Crippen LogP) is 2.25. The van der Waals surface area contributed by atoms with Gasteiger partial charge in [-0.3, -0.25) is 9.48 Å². The van der Waals surface area contributed by atoms with Gasteiger partial charge in [0.15, 0.2) is 5.13 Å². The van der Waals surface area contributed by atoms with Crippen LogP contribution in [0.15, 0.2) is 30.0 Å². The van der Waals surface area contributed by atoms with Gasteiger partial charge in [-0.25, -0.2) is 4.98 Å². The van der Waals surface area contributed by atoms with E-state index in [1.54, 1.807) is 11.3 Å². The summed E-state index contributed by atoms with van der Waals surface area (Å²) in [5, 5.41) is 7.53. The molecular formula is C17H23N5OS. The molecule has 2 saturated heterocycles. The summed E-state index contributed by atoms with van der Waals surface area (Å²) in [5.74, 6) is 0.809. The van der Waals surface area contributed by atoms with Gasteiger partial charge < -0.3 is 9.80 Å². The Bertz CT molecular complexity index is 671. The lowest BCUT2D eigenvalue weighted by Gasteiger charge is -2.38. The number of hydrogen-bond donors (Lipinski definition) is 0. The summed E-state index contributed by atoms with van der Waals surface area (Å²) in [6, 6.07) is 2.84. The fraction of sp³-hybridized carbons (Fsp3) is 0.588. The first-order valence-electron chi connectivity index (χ1n) is 8.69. The molecule has 0 bridgehead atoms. The van der Waals surface area contributed by atoms with Crippen molar-refractivity contribution in [1.82, 2.24) is 19.7 Å². The van der Waals surface area contributed by atoms with Crippen molar-refractivity contribution in [3.63, 3.8) is 0 Å². The van der Waals surface area contributed by atoms with Crippen LogP contribution in [0.2, 0.25) is 0 Å². The number of amides is 1. The average Bonchev–Trinajstić information content (AvgIpc) is 3.33. The molecule has 7 heteroatoms. The van der Waals surface area contributed by atoms with Gasteiger partial charge in [0.2, 0.25) is 5.91 Å². The maximum Gasteiger partial charge on any atom is 0.222 e. The van der Waals surface area contributed by atoms with Gasteiger partial charge in [-0.15, -0.1) is 11.3 Å². The van der Waals surface area contributed by atoms with E-state index < -0.39 is 0 Å². The largest absolute Gasteiger partial charge is 0.342 e. The third kappa shape index (κ3) is 2.81. The molecule has 2 fully saturated rings. The Kier molecular flexibility index (Phi) is 4.26. The second-order valence-electron chi connectivity index (χ2n) is 6.65. The second-order valence-corrected chi connectivity index (χ2v) is 7.52. The molecule has 2 aromatic rings. The third-order valence-corrected chi connectivity index (χ3v) is 6.06. The number of thiazole rings is 1. The van der Waals surface area contributed by atoms with Crippen LogP contribution in [0, 0.1) is 5.92 Å². The summed E-state index contributed by atoms with van der Waals surface area (Å²) < 4.78 is 2.01. The number of nitrogens with zero attached hydrogens (tertiary/aromatic N) is 5. The van der Waals surface area contributed by atoms with Crippen molar-refractivity contribution in [1.29, 1.82) is 0 Å². The highest BCUT2D eigenvalue weighted by Crippen LogP contribution is 2.40. The first-order valence-corrected chi connectivity index (χ1v) is 9.57. The lowest BCUT2D eigenvalue weighted by Crippen LogP contribution is -2.49. The number of rotatable bonds is 4. The Balaban J connectivity index is 1.56. The number of carbonyl (C=O) groups excluding carboxylic acids is 1. The minimum Gasteiger partial charge on any atom is -0.342 e. The molecule has 3 atom stereocenters. The number of likely N-dealkylation sites (tertiary alicyclic amines) is 1. The lowest BCUT2D eigenvalue weighted by molar-refractivity contribution is -0.132. The number of fused-ring (bicyclic) bond motifs is 1. The Labute approximate surface area is 146 Å². The van der Waals surface area contributed by atoms with Crippen LogP contribution in [0.1, 0.15) is 26.2 Å². The van der Waals surface area contributed by atoms with E-state index in [0.717, 1.165) is 37.6 Å². The highest BCUT2D eigenvalue weighted by molar-refractivity contribution is 7.13. The molecule has 0 aliphatic carbocycles. The van der Waals surface area contributed by atoms with Crippen LogP contribution >= 0.6 is 11.3 Å². The van der Waals surface area contributed by atoms with E-state index in [1.165, 1.54) is 0 Å². The molecule has 2 aliphatic rings. The van der Waals surface area contributed by atoms with Crippen LogP contribution in [-0.4, -0.2) is 50.7 Å². The van der Waals surface area contributed by atoms with Crippen LogP contribution in [0.25, 0.3) is 0 Å². The van der Waals surface area contributed by atoms with Crippen molar-refractivity contribution in [2.45, 2.75) is 44.8 Å². The summed E-state index contributed by atoms with van der Waals surface area (Å²) in [5.41, 5.74) is 0. The first kappa shape index (κ1) is 15.6. The van der Waals surface area contributed by atoms with Crippen molar-refractivity contribution in [3.05, 3.63) is 30.0 Å². The molecule has 6 nitrogen and oxygen atoms in total. The number of carbonyl (C=O) groups is 1. The van der Waals surface area contributed by atoms with E-state index >= 15 is 0 Å². The van der Waals surface area contributed by atoms with Gasteiger partial charge in [0, 0.05) is 49.5 Å². The standard InChI is InChI=1S/C17H23N5OS/c1-2-16(23)20-8-4-15-13(11-20)10-14(12-21-7-3-5-19-21)22(15)17-18-6-9-24-17/h3,5-7,9,13-15H,2,4,8,10-12H2,1H3/t13-,14+,15+/m0/s1. The number of aromatic nitrogens is 3. The Morgan fingerprint density at radius 3 is 3.04 bits per heavy atom. The molecule has 4 heterocycles. The lowest BCUT2D eigenvalue weighted by atomic mass is 9.92. The SMILES string of the molecule is CCC(=O)N1CC[C@@H]2[C@@H](C[C@H](Cn3cccn3)N2c2nccs2)C1. The van der Waals surface area contributed by atoms with E-state index in [2.05, 4.69) is 19.9 Å².